The number of furan rings is 2. The zero-order valence-corrected chi connectivity index (χ0v) is 37.4. The predicted octanol–water partition coefficient (Wildman–Crippen LogP) is 16.2. The maximum absolute atomic E-state index is 6.61. The lowest BCUT2D eigenvalue weighted by Gasteiger charge is -2.34. The molecule has 70 heavy (non-hydrogen) atoms. The topological polar surface area (TPSA) is 69.4 Å². The van der Waals surface area contributed by atoms with Crippen LogP contribution in [-0.2, 0) is 5.41 Å². The Morgan fingerprint density at radius 2 is 0.900 bits per heavy atom. The first-order valence-electron chi connectivity index (χ1n) is 23.8. The highest BCUT2D eigenvalue weighted by atomic mass is 16.3. The molecule has 0 bridgehead atoms. The summed E-state index contributed by atoms with van der Waals surface area (Å²) in [6.45, 7) is 0. The molecule has 0 fully saturated rings. The summed E-state index contributed by atoms with van der Waals surface area (Å²) in [6, 6.07) is 77.8. The molecule has 0 saturated carbocycles. The van der Waals surface area contributed by atoms with Crippen LogP contribution >= 0.6 is 0 Å². The fraction of sp³-hybridized carbons (Fsp3) is 0.0156. The summed E-state index contributed by atoms with van der Waals surface area (Å²) in [5.74, 6) is 1.76. The molecule has 16 rings (SSSR count). The van der Waals surface area contributed by atoms with Crippen molar-refractivity contribution in [2.24, 2.45) is 0 Å². The number of hydrogen-bond donors (Lipinski definition) is 0. The van der Waals surface area contributed by atoms with Gasteiger partial charge in [-0.05, 0) is 99.4 Å². The van der Waals surface area contributed by atoms with Gasteiger partial charge < -0.3 is 13.2 Å². The van der Waals surface area contributed by atoms with Gasteiger partial charge in [0.25, 0.3) is 0 Å². The van der Waals surface area contributed by atoms with Crippen LogP contribution in [0.15, 0.2) is 227 Å². The standard InChI is InChI=1S/C64H36N4O2/c1-3-15-39(16-4-1)64(40-17-5-2-6-18-40)49-24-10-7-19-41(49)42-31-29-38(36-50(42)64)62-65-61(37-30-33-54-48(35-37)44-21-9-12-27-53(44)69-54)66-63(67-62)47-23-13-26-52-57(47)46-32-34-56-59-58-45(22-14-28-55(58)70-56)43-20-8-11-25-51(43)68(52)60(46)59/h1-36H. The Kier molecular flexibility index (Phi) is 7.45. The van der Waals surface area contributed by atoms with E-state index in [2.05, 4.69) is 205 Å². The van der Waals surface area contributed by atoms with Gasteiger partial charge in [0, 0.05) is 49.0 Å². The summed E-state index contributed by atoms with van der Waals surface area (Å²) in [7, 11) is 0. The second-order valence-electron chi connectivity index (χ2n) is 18.6. The van der Waals surface area contributed by atoms with Crippen LogP contribution < -0.4 is 0 Å². The van der Waals surface area contributed by atoms with E-state index < -0.39 is 5.41 Å². The summed E-state index contributed by atoms with van der Waals surface area (Å²) in [5.41, 5.74) is 16.1. The fourth-order valence-corrected chi connectivity index (χ4v) is 12.2. The molecule has 5 heterocycles. The normalized spacial score (nSPS) is 13.3. The molecule has 0 amide bonds. The van der Waals surface area contributed by atoms with Crippen molar-refractivity contribution in [3.63, 3.8) is 0 Å². The van der Waals surface area contributed by atoms with Gasteiger partial charge in [0.2, 0.25) is 0 Å². The lowest BCUT2D eigenvalue weighted by atomic mass is 9.67. The van der Waals surface area contributed by atoms with Gasteiger partial charge in [-0.1, -0.05) is 158 Å². The van der Waals surface area contributed by atoms with E-state index in [-0.39, 0.29) is 0 Å². The molecule has 0 aliphatic heterocycles. The van der Waals surface area contributed by atoms with Gasteiger partial charge >= 0.3 is 0 Å². The van der Waals surface area contributed by atoms with E-state index >= 15 is 0 Å². The first kappa shape index (κ1) is 37.7. The number of aromatic nitrogens is 4. The third-order valence-corrected chi connectivity index (χ3v) is 15.1. The Morgan fingerprint density at radius 3 is 1.74 bits per heavy atom. The van der Waals surface area contributed by atoms with Crippen molar-refractivity contribution >= 4 is 82.0 Å². The Bertz CT molecular complexity index is 4610. The van der Waals surface area contributed by atoms with E-state index in [0.717, 1.165) is 93.3 Å². The molecule has 10 aromatic carbocycles. The van der Waals surface area contributed by atoms with E-state index in [1.165, 1.54) is 38.8 Å². The zero-order valence-electron chi connectivity index (χ0n) is 37.4. The number of hydrogen-bond acceptors (Lipinski definition) is 5. The number of para-hydroxylation sites is 2. The minimum atomic E-state index is -0.590. The highest BCUT2D eigenvalue weighted by Crippen LogP contribution is 2.57. The molecule has 0 N–H and O–H groups in total. The van der Waals surface area contributed by atoms with Gasteiger partial charge in [-0.2, -0.15) is 0 Å². The molecule has 0 radical (unpaired) electrons. The van der Waals surface area contributed by atoms with Crippen LogP contribution in [0.1, 0.15) is 22.3 Å². The van der Waals surface area contributed by atoms with Gasteiger partial charge in [0.05, 0.1) is 27.4 Å². The number of fused-ring (bicyclic) bond motifs is 12. The van der Waals surface area contributed by atoms with Gasteiger partial charge in [-0.25, -0.2) is 15.0 Å². The summed E-state index contributed by atoms with van der Waals surface area (Å²) in [5, 5.41) is 8.80. The predicted molar refractivity (Wildman–Crippen MR) is 283 cm³/mol. The lowest BCUT2D eigenvalue weighted by molar-refractivity contribution is 0.668. The Labute approximate surface area is 399 Å². The van der Waals surface area contributed by atoms with E-state index in [4.69, 9.17) is 23.8 Å². The summed E-state index contributed by atoms with van der Waals surface area (Å²) < 4.78 is 15.3. The minimum absolute atomic E-state index is 0.577. The molecule has 1 aliphatic rings. The van der Waals surface area contributed by atoms with Crippen LogP contribution in [0.25, 0.3) is 127 Å². The Morgan fingerprint density at radius 1 is 0.329 bits per heavy atom. The lowest BCUT2D eigenvalue weighted by Crippen LogP contribution is -2.28. The number of rotatable bonds is 5. The molecule has 6 heteroatoms. The van der Waals surface area contributed by atoms with Gasteiger partial charge in [0.15, 0.2) is 17.5 Å². The summed E-state index contributed by atoms with van der Waals surface area (Å²) in [4.78, 5) is 16.5. The third kappa shape index (κ3) is 4.93. The molecule has 0 unspecified atom stereocenters. The van der Waals surface area contributed by atoms with E-state index in [9.17, 15) is 0 Å². The molecule has 0 spiro atoms. The first-order valence-corrected chi connectivity index (χ1v) is 23.8. The maximum atomic E-state index is 6.61. The SMILES string of the molecule is c1ccc(C2(c3ccccc3)c3ccccc3-c3ccc(-c4nc(-c5ccc6oc7ccccc7c6c5)nc(-c5cccc6c5c5ccc7oc8cccc9c%10ccccc%10n6c5c7c89)n4)cc32)cc1. The molecular weight excluding hydrogens is 857 g/mol. The van der Waals surface area contributed by atoms with Crippen molar-refractivity contribution in [1.29, 1.82) is 0 Å². The maximum Gasteiger partial charge on any atom is 0.164 e. The summed E-state index contributed by atoms with van der Waals surface area (Å²) in [6.07, 6.45) is 0. The van der Waals surface area contributed by atoms with Crippen molar-refractivity contribution in [2.45, 2.75) is 5.41 Å². The molecule has 6 nitrogen and oxygen atoms in total. The zero-order chi connectivity index (χ0) is 45.7. The molecule has 0 atom stereocenters. The van der Waals surface area contributed by atoms with Crippen LogP contribution in [-0.4, -0.2) is 19.4 Å². The van der Waals surface area contributed by atoms with Crippen molar-refractivity contribution < 1.29 is 8.83 Å². The van der Waals surface area contributed by atoms with Gasteiger partial charge in [0.1, 0.15) is 22.3 Å². The fourth-order valence-electron chi connectivity index (χ4n) is 12.2. The monoisotopic (exact) mass is 892 g/mol. The van der Waals surface area contributed by atoms with Crippen LogP contribution in [0, 0.1) is 0 Å². The molecule has 0 saturated heterocycles. The quantitative estimate of drug-likeness (QED) is 0.172. The van der Waals surface area contributed by atoms with Crippen molar-refractivity contribution in [2.75, 3.05) is 0 Å². The number of benzene rings is 10. The van der Waals surface area contributed by atoms with Gasteiger partial charge in [-0.3, -0.25) is 0 Å². The Balaban J connectivity index is 0.998. The first-order chi connectivity index (χ1) is 34.7. The third-order valence-electron chi connectivity index (χ3n) is 15.1. The average molecular weight is 893 g/mol. The highest BCUT2D eigenvalue weighted by Gasteiger charge is 2.46. The molecule has 1 aliphatic carbocycles. The van der Waals surface area contributed by atoms with Crippen molar-refractivity contribution in [3.8, 4) is 45.3 Å². The van der Waals surface area contributed by atoms with Crippen LogP contribution in [0.5, 0.6) is 0 Å². The van der Waals surface area contributed by atoms with E-state index in [1.807, 2.05) is 18.2 Å². The summed E-state index contributed by atoms with van der Waals surface area (Å²) >= 11 is 0. The average Bonchev–Trinajstić information content (AvgIpc) is 4.16. The van der Waals surface area contributed by atoms with Crippen molar-refractivity contribution in [3.05, 3.63) is 241 Å². The Hall–Kier alpha value is -9.39. The second-order valence-corrected chi connectivity index (χ2v) is 18.6. The van der Waals surface area contributed by atoms with E-state index in [0.29, 0.717) is 17.5 Å². The molecule has 324 valence electrons. The van der Waals surface area contributed by atoms with Crippen LogP contribution in [0.2, 0.25) is 0 Å². The molecule has 5 aromatic heterocycles. The molecular formula is C64H36N4O2. The number of nitrogens with zero attached hydrogens (tertiary/aromatic N) is 4. The van der Waals surface area contributed by atoms with Gasteiger partial charge in [-0.15, -0.1) is 0 Å². The largest absolute Gasteiger partial charge is 0.456 e. The van der Waals surface area contributed by atoms with E-state index in [1.54, 1.807) is 0 Å². The molecule has 15 aromatic rings. The van der Waals surface area contributed by atoms with Crippen molar-refractivity contribution in [1.82, 2.24) is 19.4 Å². The second kappa shape index (κ2) is 13.8. The smallest absolute Gasteiger partial charge is 0.164 e. The van der Waals surface area contributed by atoms with Crippen LogP contribution in [0.3, 0.4) is 0 Å². The highest BCUT2D eigenvalue weighted by molar-refractivity contribution is 6.32. The minimum Gasteiger partial charge on any atom is -0.456 e. The van der Waals surface area contributed by atoms with Crippen LogP contribution in [0.4, 0.5) is 0 Å².